The summed E-state index contributed by atoms with van der Waals surface area (Å²) < 4.78 is 35.0. The number of phosphoric acid groups is 1. The molecular weight excluding hydrogens is 568 g/mol. The summed E-state index contributed by atoms with van der Waals surface area (Å²) >= 11 is 0. The average Bonchev–Trinajstić information content (AvgIpc) is 3.34. The van der Waals surface area contributed by atoms with Crippen LogP contribution in [-0.2, 0) is 20.3 Å². The number of nitrogens with zero attached hydrogens (tertiary/aromatic N) is 4. The van der Waals surface area contributed by atoms with Gasteiger partial charge in [0.2, 0.25) is 5.91 Å². The SMILES string of the molecule is CCCN(CCOP(=O)(O)O)CC(C)Oc1ccc2c(Nc3cc(CC(=O)Nc4cccc(F)c4)[nH]n3)ncnc2c1. The lowest BCUT2D eigenvalue weighted by atomic mass is 10.2. The van der Waals surface area contributed by atoms with E-state index in [0.717, 1.165) is 18.4 Å². The smallest absolute Gasteiger partial charge is 0.469 e. The van der Waals surface area contributed by atoms with Crippen molar-refractivity contribution >= 4 is 42.0 Å². The Labute approximate surface area is 241 Å². The first-order valence-electron chi connectivity index (χ1n) is 13.3. The molecular formula is C27H33FN7O6P. The minimum atomic E-state index is -4.51. The summed E-state index contributed by atoms with van der Waals surface area (Å²) in [6.07, 6.45) is 2.08. The Morgan fingerprint density at radius 1 is 1.17 bits per heavy atom. The maximum absolute atomic E-state index is 13.4. The topological polar surface area (TPSA) is 175 Å². The molecule has 2 heterocycles. The summed E-state index contributed by atoms with van der Waals surface area (Å²) in [4.78, 5) is 40.9. The van der Waals surface area contributed by atoms with Crippen molar-refractivity contribution in [1.29, 1.82) is 0 Å². The molecule has 1 amide bonds. The molecule has 1 atom stereocenters. The van der Waals surface area contributed by atoms with Crippen LogP contribution in [0.15, 0.2) is 54.9 Å². The Balaban J connectivity index is 1.35. The molecule has 2 aromatic heterocycles. The van der Waals surface area contributed by atoms with Crippen LogP contribution in [0.4, 0.5) is 21.7 Å². The summed E-state index contributed by atoms with van der Waals surface area (Å²) in [6.45, 7) is 5.47. The number of carbonyl (C=O) groups excluding carboxylic acids is 1. The third-order valence-corrected chi connectivity index (χ3v) is 6.52. The molecule has 15 heteroatoms. The van der Waals surface area contributed by atoms with Crippen molar-refractivity contribution in [3.8, 4) is 5.75 Å². The highest BCUT2D eigenvalue weighted by atomic mass is 31.2. The monoisotopic (exact) mass is 601 g/mol. The highest BCUT2D eigenvalue weighted by molar-refractivity contribution is 7.46. The van der Waals surface area contributed by atoms with Crippen LogP contribution in [0, 0.1) is 5.82 Å². The van der Waals surface area contributed by atoms with E-state index in [-0.39, 0.29) is 25.0 Å². The Morgan fingerprint density at radius 3 is 2.76 bits per heavy atom. The zero-order chi connectivity index (χ0) is 30.1. The molecule has 1 unspecified atom stereocenters. The van der Waals surface area contributed by atoms with Gasteiger partial charge in [0.15, 0.2) is 5.82 Å². The molecule has 4 rings (SSSR count). The number of phosphoric ester groups is 1. The molecule has 2 aromatic carbocycles. The molecule has 0 saturated heterocycles. The molecule has 0 radical (unpaired) electrons. The minimum absolute atomic E-state index is 0.0149. The molecule has 0 aliphatic carbocycles. The van der Waals surface area contributed by atoms with Crippen molar-refractivity contribution in [3.05, 3.63) is 66.4 Å². The second-order valence-electron chi connectivity index (χ2n) is 9.59. The standard InChI is InChI=1S/C27H33FN7O6P/c1-3-9-35(10-11-40-42(37,38)39)16-18(2)41-22-7-8-23-24(15-22)29-17-30-27(23)32-25-13-21(33-34-25)14-26(36)31-20-6-4-5-19(28)12-20/h4-8,12-13,15,17-18H,3,9-11,14,16H2,1-2H3,(H,31,36)(H2,37,38,39)(H2,29,30,32,33,34). The van der Waals surface area contributed by atoms with E-state index in [1.165, 1.54) is 24.5 Å². The molecule has 13 nitrogen and oxygen atoms in total. The summed E-state index contributed by atoms with van der Waals surface area (Å²) in [6, 6.07) is 12.8. The summed E-state index contributed by atoms with van der Waals surface area (Å²) in [7, 11) is -4.51. The van der Waals surface area contributed by atoms with Crippen molar-refractivity contribution in [2.45, 2.75) is 32.8 Å². The number of halogens is 1. The van der Waals surface area contributed by atoms with Gasteiger partial charge in [0, 0.05) is 42.0 Å². The zero-order valence-electron chi connectivity index (χ0n) is 23.2. The first-order chi connectivity index (χ1) is 20.1. The Bertz CT molecular complexity index is 1550. The van der Waals surface area contributed by atoms with E-state index in [0.29, 0.717) is 47.4 Å². The summed E-state index contributed by atoms with van der Waals surface area (Å²) in [5, 5.41) is 13.5. The Hall–Kier alpha value is -3.94. The zero-order valence-corrected chi connectivity index (χ0v) is 24.1. The van der Waals surface area contributed by atoms with Gasteiger partial charge in [-0.05, 0) is 50.2 Å². The van der Waals surface area contributed by atoms with E-state index in [4.69, 9.17) is 14.5 Å². The number of aromatic amines is 1. The molecule has 224 valence electrons. The fraction of sp³-hybridized carbons (Fsp3) is 0.333. The second-order valence-corrected chi connectivity index (χ2v) is 10.8. The van der Waals surface area contributed by atoms with Crippen LogP contribution in [0.5, 0.6) is 5.75 Å². The number of hydrogen-bond acceptors (Lipinski definition) is 9. The minimum Gasteiger partial charge on any atom is -0.489 e. The number of ether oxygens (including phenoxy) is 1. The number of hydrogen-bond donors (Lipinski definition) is 5. The molecule has 0 aliphatic heterocycles. The molecule has 0 fully saturated rings. The van der Waals surface area contributed by atoms with Crippen LogP contribution in [-0.4, -0.2) is 73.1 Å². The van der Waals surface area contributed by atoms with Crippen LogP contribution < -0.4 is 15.4 Å². The maximum atomic E-state index is 13.4. The number of aromatic nitrogens is 4. The maximum Gasteiger partial charge on any atom is 0.469 e. The van der Waals surface area contributed by atoms with Gasteiger partial charge in [0.05, 0.1) is 18.5 Å². The highest BCUT2D eigenvalue weighted by Gasteiger charge is 2.17. The van der Waals surface area contributed by atoms with Crippen molar-refractivity contribution < 1.29 is 32.8 Å². The van der Waals surface area contributed by atoms with E-state index in [9.17, 15) is 13.8 Å². The quantitative estimate of drug-likeness (QED) is 0.125. The van der Waals surface area contributed by atoms with Crippen LogP contribution >= 0.6 is 7.82 Å². The predicted octanol–water partition coefficient (Wildman–Crippen LogP) is 4.01. The number of amides is 1. The average molecular weight is 602 g/mol. The molecule has 0 aliphatic rings. The number of anilines is 3. The van der Waals surface area contributed by atoms with Gasteiger partial charge in [-0.25, -0.2) is 18.9 Å². The van der Waals surface area contributed by atoms with Crippen LogP contribution in [0.25, 0.3) is 10.9 Å². The number of H-pyrrole nitrogens is 1. The molecule has 4 aromatic rings. The summed E-state index contributed by atoms with van der Waals surface area (Å²) in [5.74, 6) is 0.817. The van der Waals surface area contributed by atoms with E-state index in [1.54, 1.807) is 24.3 Å². The van der Waals surface area contributed by atoms with Crippen molar-refractivity contribution in [2.75, 3.05) is 36.9 Å². The van der Waals surface area contributed by atoms with Gasteiger partial charge in [0.25, 0.3) is 0 Å². The molecule has 0 spiro atoms. The van der Waals surface area contributed by atoms with Gasteiger partial charge in [-0.15, -0.1) is 0 Å². The first kappa shape index (κ1) is 31.0. The number of benzene rings is 2. The van der Waals surface area contributed by atoms with Gasteiger partial charge in [-0.1, -0.05) is 13.0 Å². The molecule has 42 heavy (non-hydrogen) atoms. The number of fused-ring (bicyclic) bond motifs is 1. The largest absolute Gasteiger partial charge is 0.489 e. The second kappa shape index (κ2) is 14.3. The third-order valence-electron chi connectivity index (χ3n) is 6.00. The van der Waals surface area contributed by atoms with E-state index >= 15 is 0 Å². The number of rotatable bonds is 15. The molecule has 5 N–H and O–H groups in total. The first-order valence-corrected chi connectivity index (χ1v) is 14.8. The lowest BCUT2D eigenvalue weighted by molar-refractivity contribution is -0.115. The van der Waals surface area contributed by atoms with Gasteiger partial charge in [-0.2, -0.15) is 5.10 Å². The van der Waals surface area contributed by atoms with E-state index < -0.39 is 13.6 Å². The van der Waals surface area contributed by atoms with Crippen LogP contribution in [0.3, 0.4) is 0 Å². The van der Waals surface area contributed by atoms with E-state index in [2.05, 4.69) is 35.3 Å². The van der Waals surface area contributed by atoms with Gasteiger partial charge in [-0.3, -0.25) is 19.3 Å². The predicted molar refractivity (Wildman–Crippen MR) is 155 cm³/mol. The number of nitrogens with one attached hydrogen (secondary N) is 3. The van der Waals surface area contributed by atoms with Crippen molar-refractivity contribution in [3.63, 3.8) is 0 Å². The lowest BCUT2D eigenvalue weighted by Gasteiger charge is -2.25. The Kier molecular flexibility index (Phi) is 10.6. The normalized spacial score (nSPS) is 12.4. The van der Waals surface area contributed by atoms with Gasteiger partial charge >= 0.3 is 7.82 Å². The third kappa shape index (κ3) is 9.57. The molecule has 0 bridgehead atoms. The van der Waals surface area contributed by atoms with Gasteiger partial charge < -0.3 is 25.2 Å². The van der Waals surface area contributed by atoms with Crippen molar-refractivity contribution in [1.82, 2.24) is 25.1 Å². The Morgan fingerprint density at radius 2 is 2.00 bits per heavy atom. The van der Waals surface area contributed by atoms with Crippen LogP contribution in [0.2, 0.25) is 0 Å². The summed E-state index contributed by atoms with van der Waals surface area (Å²) in [5.41, 5.74) is 1.57. The van der Waals surface area contributed by atoms with Crippen molar-refractivity contribution in [2.24, 2.45) is 0 Å². The fourth-order valence-electron chi connectivity index (χ4n) is 4.32. The van der Waals surface area contributed by atoms with Gasteiger partial charge in [0.1, 0.15) is 29.8 Å². The van der Waals surface area contributed by atoms with E-state index in [1.807, 2.05) is 24.8 Å². The highest BCUT2D eigenvalue weighted by Crippen LogP contribution is 2.35. The van der Waals surface area contributed by atoms with Crippen LogP contribution in [0.1, 0.15) is 26.0 Å². The lowest BCUT2D eigenvalue weighted by Crippen LogP contribution is -2.36. The fourth-order valence-corrected chi connectivity index (χ4v) is 4.64. The number of carbonyl (C=O) groups is 1. The molecule has 0 saturated carbocycles.